The van der Waals surface area contributed by atoms with Gasteiger partial charge >= 0.3 is 0 Å². The Morgan fingerprint density at radius 1 is 1.05 bits per heavy atom. The fourth-order valence-corrected chi connectivity index (χ4v) is 2.23. The SMILES string of the molecule is CC1(C(=O)Nc2c(F)c(F)c(F)c(F)c2F)CCCNC1. The topological polar surface area (TPSA) is 41.1 Å². The number of piperidine rings is 1. The second-order valence-electron chi connectivity index (χ2n) is 5.24. The van der Waals surface area contributed by atoms with Gasteiger partial charge in [0.05, 0.1) is 5.41 Å². The lowest BCUT2D eigenvalue weighted by Crippen LogP contribution is -2.46. The van der Waals surface area contributed by atoms with E-state index in [9.17, 15) is 26.7 Å². The lowest BCUT2D eigenvalue weighted by molar-refractivity contribution is -0.125. The van der Waals surface area contributed by atoms with Gasteiger partial charge in [-0.2, -0.15) is 0 Å². The van der Waals surface area contributed by atoms with Crippen molar-refractivity contribution >= 4 is 11.6 Å². The van der Waals surface area contributed by atoms with Gasteiger partial charge in [0.1, 0.15) is 5.69 Å². The normalized spacial score (nSPS) is 22.2. The highest BCUT2D eigenvalue weighted by atomic mass is 19.2. The van der Waals surface area contributed by atoms with Gasteiger partial charge in [-0.3, -0.25) is 4.79 Å². The fraction of sp³-hybridized carbons (Fsp3) is 0.462. The molecule has 0 radical (unpaired) electrons. The van der Waals surface area contributed by atoms with E-state index in [0.717, 1.165) is 0 Å². The Bertz CT molecular complexity index is 555. The second kappa shape index (κ2) is 5.59. The highest BCUT2D eigenvalue weighted by molar-refractivity contribution is 5.95. The standard InChI is InChI=1S/C13H13F5N2O/c1-13(3-2-4-19-5-13)12(21)20-11-9(17)7(15)6(14)8(16)10(11)18/h19H,2-5H2,1H3,(H,20,21). The number of carbonyl (C=O) groups excluding carboxylic acids is 1. The Hall–Kier alpha value is -1.70. The number of amides is 1. The number of halogens is 5. The summed E-state index contributed by atoms with van der Waals surface area (Å²) in [7, 11) is 0. The van der Waals surface area contributed by atoms with E-state index < -0.39 is 46.1 Å². The van der Waals surface area contributed by atoms with Crippen molar-refractivity contribution in [2.24, 2.45) is 5.41 Å². The van der Waals surface area contributed by atoms with Gasteiger partial charge in [0.25, 0.3) is 0 Å². The molecule has 1 aliphatic rings. The van der Waals surface area contributed by atoms with Gasteiger partial charge in [0, 0.05) is 6.54 Å². The predicted molar refractivity (Wildman–Crippen MR) is 65.1 cm³/mol. The summed E-state index contributed by atoms with van der Waals surface area (Å²) < 4.78 is 66.1. The molecule has 21 heavy (non-hydrogen) atoms. The lowest BCUT2D eigenvalue weighted by Gasteiger charge is -2.32. The zero-order chi connectivity index (χ0) is 15.8. The molecule has 1 aromatic rings. The van der Waals surface area contributed by atoms with Crippen molar-refractivity contribution in [2.45, 2.75) is 19.8 Å². The molecule has 0 aromatic heterocycles. The molecule has 2 N–H and O–H groups in total. The van der Waals surface area contributed by atoms with E-state index in [-0.39, 0.29) is 6.54 Å². The summed E-state index contributed by atoms with van der Waals surface area (Å²) in [6.45, 7) is 2.51. The molecule has 3 nitrogen and oxygen atoms in total. The largest absolute Gasteiger partial charge is 0.320 e. The van der Waals surface area contributed by atoms with Crippen molar-refractivity contribution < 1.29 is 26.7 Å². The van der Waals surface area contributed by atoms with Crippen molar-refractivity contribution in [3.8, 4) is 0 Å². The van der Waals surface area contributed by atoms with Gasteiger partial charge < -0.3 is 10.6 Å². The van der Waals surface area contributed by atoms with Crippen LogP contribution in [0.15, 0.2) is 0 Å². The van der Waals surface area contributed by atoms with Crippen molar-refractivity contribution in [2.75, 3.05) is 18.4 Å². The van der Waals surface area contributed by atoms with Crippen LogP contribution in [0, 0.1) is 34.5 Å². The first-order valence-corrected chi connectivity index (χ1v) is 6.31. The highest BCUT2D eigenvalue weighted by Gasteiger charge is 2.36. The zero-order valence-electron chi connectivity index (χ0n) is 11.1. The summed E-state index contributed by atoms with van der Waals surface area (Å²) in [5.74, 6) is -11.3. The molecular formula is C13H13F5N2O. The molecule has 1 fully saturated rings. The van der Waals surface area contributed by atoms with E-state index in [1.807, 2.05) is 5.32 Å². The maximum Gasteiger partial charge on any atom is 0.231 e. The maximum atomic E-state index is 13.5. The smallest absolute Gasteiger partial charge is 0.231 e. The number of hydrogen-bond acceptors (Lipinski definition) is 2. The van der Waals surface area contributed by atoms with Gasteiger partial charge in [-0.25, -0.2) is 22.0 Å². The van der Waals surface area contributed by atoms with Crippen LogP contribution in [0.3, 0.4) is 0 Å². The van der Waals surface area contributed by atoms with Gasteiger partial charge in [-0.15, -0.1) is 0 Å². The molecule has 0 aliphatic carbocycles. The van der Waals surface area contributed by atoms with Gasteiger partial charge in [-0.05, 0) is 26.3 Å². The van der Waals surface area contributed by atoms with Crippen LogP contribution >= 0.6 is 0 Å². The van der Waals surface area contributed by atoms with E-state index in [2.05, 4.69) is 5.32 Å². The second-order valence-corrected chi connectivity index (χ2v) is 5.24. The quantitative estimate of drug-likeness (QED) is 0.501. The minimum atomic E-state index is -2.26. The number of nitrogens with one attached hydrogen (secondary N) is 2. The van der Waals surface area contributed by atoms with Crippen molar-refractivity contribution in [1.82, 2.24) is 5.32 Å². The van der Waals surface area contributed by atoms with Crippen LogP contribution in [-0.2, 0) is 4.79 Å². The first kappa shape index (κ1) is 15.7. The summed E-state index contributed by atoms with van der Waals surface area (Å²) >= 11 is 0. The Morgan fingerprint density at radius 3 is 2.05 bits per heavy atom. The Labute approximate surface area is 117 Å². The van der Waals surface area contributed by atoms with E-state index in [0.29, 0.717) is 19.4 Å². The van der Waals surface area contributed by atoms with E-state index >= 15 is 0 Å². The molecule has 1 aliphatic heterocycles. The molecule has 1 amide bonds. The summed E-state index contributed by atoms with van der Waals surface area (Å²) in [5.41, 5.74) is -2.29. The van der Waals surface area contributed by atoms with Crippen molar-refractivity contribution in [1.29, 1.82) is 0 Å². The summed E-state index contributed by atoms with van der Waals surface area (Å²) in [4.78, 5) is 12.1. The molecule has 1 saturated heterocycles. The monoisotopic (exact) mass is 308 g/mol. The zero-order valence-corrected chi connectivity index (χ0v) is 11.1. The van der Waals surface area contributed by atoms with Crippen LogP contribution < -0.4 is 10.6 Å². The van der Waals surface area contributed by atoms with Crippen LogP contribution in [0.2, 0.25) is 0 Å². The number of benzene rings is 1. The van der Waals surface area contributed by atoms with Crippen LogP contribution in [0.1, 0.15) is 19.8 Å². The van der Waals surface area contributed by atoms with Crippen molar-refractivity contribution in [3.05, 3.63) is 29.1 Å². The van der Waals surface area contributed by atoms with E-state index in [1.165, 1.54) is 0 Å². The average Bonchev–Trinajstić information content (AvgIpc) is 2.48. The summed E-state index contributed by atoms with van der Waals surface area (Å²) in [6.07, 6.45) is 1.11. The first-order valence-electron chi connectivity index (χ1n) is 6.31. The van der Waals surface area contributed by atoms with Crippen LogP contribution in [0.5, 0.6) is 0 Å². The third-order valence-electron chi connectivity index (χ3n) is 3.59. The number of anilines is 1. The molecule has 1 aromatic carbocycles. The minimum Gasteiger partial charge on any atom is -0.320 e. The van der Waals surface area contributed by atoms with E-state index in [1.54, 1.807) is 6.92 Å². The molecule has 1 unspecified atom stereocenters. The molecule has 116 valence electrons. The van der Waals surface area contributed by atoms with Crippen LogP contribution in [0.4, 0.5) is 27.6 Å². The van der Waals surface area contributed by atoms with E-state index in [4.69, 9.17) is 0 Å². The Kier molecular flexibility index (Phi) is 4.18. The van der Waals surface area contributed by atoms with Crippen LogP contribution in [-0.4, -0.2) is 19.0 Å². The lowest BCUT2D eigenvalue weighted by atomic mass is 9.82. The predicted octanol–water partition coefficient (Wildman–Crippen LogP) is 2.71. The number of carbonyl (C=O) groups is 1. The third kappa shape index (κ3) is 2.72. The summed E-state index contributed by atoms with van der Waals surface area (Å²) in [5, 5.41) is 4.77. The molecule has 1 heterocycles. The highest BCUT2D eigenvalue weighted by Crippen LogP contribution is 2.31. The van der Waals surface area contributed by atoms with Crippen molar-refractivity contribution in [3.63, 3.8) is 0 Å². The fourth-order valence-electron chi connectivity index (χ4n) is 2.23. The molecule has 0 spiro atoms. The maximum absolute atomic E-state index is 13.5. The molecule has 0 bridgehead atoms. The Morgan fingerprint density at radius 2 is 1.57 bits per heavy atom. The van der Waals surface area contributed by atoms with Gasteiger partial charge in [0.2, 0.25) is 11.7 Å². The molecule has 2 rings (SSSR count). The number of hydrogen-bond donors (Lipinski definition) is 2. The average molecular weight is 308 g/mol. The van der Waals surface area contributed by atoms with Gasteiger partial charge in [0.15, 0.2) is 23.3 Å². The minimum absolute atomic E-state index is 0.258. The Balaban J connectivity index is 2.34. The molecule has 0 saturated carbocycles. The third-order valence-corrected chi connectivity index (χ3v) is 3.59. The first-order chi connectivity index (χ1) is 9.78. The van der Waals surface area contributed by atoms with Gasteiger partial charge in [-0.1, -0.05) is 0 Å². The molecular weight excluding hydrogens is 295 g/mol. The molecule has 8 heteroatoms. The number of rotatable bonds is 2. The van der Waals surface area contributed by atoms with Crippen LogP contribution in [0.25, 0.3) is 0 Å². The summed E-state index contributed by atoms with van der Waals surface area (Å²) in [6, 6.07) is 0. The molecule has 1 atom stereocenters.